The first kappa shape index (κ1) is 16.5. The van der Waals surface area contributed by atoms with Crippen molar-refractivity contribution >= 4 is 11.6 Å². The van der Waals surface area contributed by atoms with Crippen LogP contribution in [-0.2, 0) is 18.9 Å². The van der Waals surface area contributed by atoms with E-state index in [-0.39, 0.29) is 16.9 Å². The Morgan fingerprint density at radius 2 is 1.81 bits per heavy atom. The van der Waals surface area contributed by atoms with Gasteiger partial charge >= 0.3 is 5.69 Å². The normalized spacial score (nSPS) is 19.0. The second kappa shape index (κ2) is 5.79. The van der Waals surface area contributed by atoms with Gasteiger partial charge in [0.1, 0.15) is 11.6 Å². The number of nitrogens with zero attached hydrogens (tertiary/aromatic N) is 2. The standard InChI is InChI=1S/C19H18FN3O3/c1-22-17-16(18(25)23(2)19(22)26)14(10-6-3-4-7-11(10)20)15-12(21-17)8-5-9-13(15)24/h3-4,6-7,14,21H,5,8-9H2,1-2H3. The predicted octanol–water partition coefficient (Wildman–Crippen LogP) is 1.79. The molecule has 1 atom stereocenters. The average molecular weight is 355 g/mol. The Morgan fingerprint density at radius 3 is 2.54 bits per heavy atom. The number of halogens is 1. The van der Waals surface area contributed by atoms with Crippen LogP contribution in [0.2, 0.25) is 0 Å². The molecular formula is C19H18FN3O3. The number of carbonyl (C=O) groups excluding carboxylic acids is 1. The summed E-state index contributed by atoms with van der Waals surface area (Å²) in [6, 6.07) is 6.15. The maximum atomic E-state index is 14.6. The third-order valence-electron chi connectivity index (χ3n) is 5.22. The molecule has 1 unspecified atom stereocenters. The van der Waals surface area contributed by atoms with Gasteiger partial charge in [-0.1, -0.05) is 18.2 Å². The van der Waals surface area contributed by atoms with E-state index < -0.39 is 23.0 Å². The Labute approximate surface area is 148 Å². The van der Waals surface area contributed by atoms with Gasteiger partial charge in [0.2, 0.25) is 0 Å². The first-order valence-corrected chi connectivity index (χ1v) is 8.49. The Balaban J connectivity index is 2.12. The molecule has 0 spiro atoms. The fraction of sp³-hybridized carbons (Fsp3) is 0.316. The van der Waals surface area contributed by atoms with Gasteiger partial charge in [-0.2, -0.15) is 0 Å². The minimum atomic E-state index is -0.819. The molecule has 2 aliphatic rings. The molecule has 1 aromatic carbocycles. The highest BCUT2D eigenvalue weighted by Crippen LogP contribution is 2.43. The highest BCUT2D eigenvalue weighted by Gasteiger charge is 2.39. The lowest BCUT2D eigenvalue weighted by Crippen LogP contribution is -2.44. The summed E-state index contributed by atoms with van der Waals surface area (Å²) in [6.07, 6.45) is 1.67. The molecule has 1 aliphatic carbocycles. The molecule has 0 amide bonds. The smallest absolute Gasteiger partial charge is 0.332 e. The van der Waals surface area contributed by atoms with Crippen molar-refractivity contribution in [3.63, 3.8) is 0 Å². The highest BCUT2D eigenvalue weighted by atomic mass is 19.1. The third kappa shape index (κ3) is 2.20. The highest BCUT2D eigenvalue weighted by molar-refractivity contribution is 6.00. The number of carbonyl (C=O) groups is 1. The Hall–Kier alpha value is -2.96. The number of benzene rings is 1. The van der Waals surface area contributed by atoms with E-state index in [1.54, 1.807) is 25.2 Å². The van der Waals surface area contributed by atoms with Gasteiger partial charge < -0.3 is 5.32 Å². The van der Waals surface area contributed by atoms with Crippen LogP contribution in [-0.4, -0.2) is 14.9 Å². The fourth-order valence-electron chi connectivity index (χ4n) is 3.92. The first-order chi connectivity index (χ1) is 12.4. The zero-order chi connectivity index (χ0) is 18.6. The molecule has 26 heavy (non-hydrogen) atoms. The second-order valence-electron chi connectivity index (χ2n) is 6.72. The lowest BCUT2D eigenvalue weighted by molar-refractivity contribution is -0.116. The summed E-state index contributed by atoms with van der Waals surface area (Å²) in [5, 5.41) is 3.11. The summed E-state index contributed by atoms with van der Waals surface area (Å²) in [4.78, 5) is 37.9. The molecule has 0 fully saturated rings. The molecular weight excluding hydrogens is 337 g/mol. The van der Waals surface area contributed by atoms with Crippen molar-refractivity contribution in [3.05, 3.63) is 73.3 Å². The van der Waals surface area contributed by atoms with Gasteiger partial charge in [-0.25, -0.2) is 9.18 Å². The van der Waals surface area contributed by atoms with E-state index in [0.29, 0.717) is 36.4 Å². The van der Waals surface area contributed by atoms with Crippen LogP contribution < -0.4 is 16.6 Å². The van der Waals surface area contributed by atoms with Crippen LogP contribution in [0.4, 0.5) is 10.2 Å². The van der Waals surface area contributed by atoms with Crippen LogP contribution in [0, 0.1) is 5.82 Å². The monoisotopic (exact) mass is 355 g/mol. The fourth-order valence-corrected chi connectivity index (χ4v) is 3.92. The van der Waals surface area contributed by atoms with Gasteiger partial charge in [-0.15, -0.1) is 0 Å². The van der Waals surface area contributed by atoms with Crippen molar-refractivity contribution in [2.24, 2.45) is 14.1 Å². The lowest BCUT2D eigenvalue weighted by Gasteiger charge is -2.34. The first-order valence-electron chi connectivity index (χ1n) is 8.49. The molecule has 0 saturated heterocycles. The zero-order valence-electron chi connectivity index (χ0n) is 14.5. The Morgan fingerprint density at radius 1 is 1.08 bits per heavy atom. The average Bonchev–Trinajstić information content (AvgIpc) is 2.64. The molecule has 1 aliphatic heterocycles. The Bertz CT molecular complexity index is 1090. The van der Waals surface area contributed by atoms with E-state index in [2.05, 4.69) is 5.32 Å². The minimum absolute atomic E-state index is 0.0893. The molecule has 7 heteroatoms. The number of anilines is 1. The number of ketones is 1. The van der Waals surface area contributed by atoms with E-state index in [4.69, 9.17) is 0 Å². The molecule has 0 radical (unpaired) electrons. The molecule has 6 nitrogen and oxygen atoms in total. The number of aromatic nitrogens is 2. The van der Waals surface area contributed by atoms with Crippen molar-refractivity contribution in [2.45, 2.75) is 25.2 Å². The summed E-state index contributed by atoms with van der Waals surface area (Å²) in [6.45, 7) is 0. The van der Waals surface area contributed by atoms with E-state index in [1.807, 2.05) is 0 Å². The number of nitrogens with one attached hydrogen (secondary N) is 1. The van der Waals surface area contributed by atoms with Gasteiger partial charge in [-0.05, 0) is 18.9 Å². The van der Waals surface area contributed by atoms with Crippen LogP contribution in [0.15, 0.2) is 45.1 Å². The molecule has 0 bridgehead atoms. The number of hydrogen-bond donors (Lipinski definition) is 1. The number of rotatable bonds is 1. The van der Waals surface area contributed by atoms with Crippen molar-refractivity contribution in [3.8, 4) is 0 Å². The maximum Gasteiger partial charge on any atom is 0.332 e. The van der Waals surface area contributed by atoms with Gasteiger partial charge in [-0.3, -0.25) is 18.7 Å². The van der Waals surface area contributed by atoms with Gasteiger partial charge in [0.15, 0.2) is 5.78 Å². The van der Waals surface area contributed by atoms with Crippen LogP contribution in [0.1, 0.15) is 36.3 Å². The zero-order valence-corrected chi connectivity index (χ0v) is 14.5. The summed E-state index contributed by atoms with van der Waals surface area (Å²) >= 11 is 0. The van der Waals surface area contributed by atoms with Crippen LogP contribution >= 0.6 is 0 Å². The maximum absolute atomic E-state index is 14.6. The van der Waals surface area contributed by atoms with E-state index in [0.717, 1.165) is 4.57 Å². The summed E-state index contributed by atoms with van der Waals surface area (Å²) in [7, 11) is 2.94. The molecule has 4 rings (SSSR count). The minimum Gasteiger partial charge on any atom is -0.344 e. The van der Waals surface area contributed by atoms with E-state index in [9.17, 15) is 18.8 Å². The number of allylic oxidation sites excluding steroid dienone is 2. The summed E-state index contributed by atoms with van der Waals surface area (Å²) in [5.74, 6) is -1.06. The lowest BCUT2D eigenvalue weighted by atomic mass is 9.76. The van der Waals surface area contributed by atoms with Crippen LogP contribution in [0.25, 0.3) is 0 Å². The SMILES string of the molecule is Cn1c2c(c(=O)n(C)c1=O)C(c1ccccc1F)C1=C(CCCC1=O)N2. The largest absolute Gasteiger partial charge is 0.344 e. The number of Topliss-reactive ketones (excluding diaryl/α,β-unsaturated/α-hetero) is 1. The van der Waals surface area contributed by atoms with Crippen LogP contribution in [0.3, 0.4) is 0 Å². The quantitative estimate of drug-likeness (QED) is 0.846. The van der Waals surface area contributed by atoms with Gasteiger partial charge in [0.25, 0.3) is 5.56 Å². The summed E-state index contributed by atoms with van der Waals surface area (Å²) < 4.78 is 17.0. The molecule has 2 aromatic rings. The molecule has 134 valence electrons. The van der Waals surface area contributed by atoms with Gasteiger partial charge in [0.05, 0.1) is 11.5 Å². The van der Waals surface area contributed by atoms with E-state index in [1.165, 1.54) is 17.7 Å². The molecule has 1 N–H and O–H groups in total. The third-order valence-corrected chi connectivity index (χ3v) is 5.22. The number of fused-ring (bicyclic) bond motifs is 1. The number of hydrogen-bond acceptors (Lipinski definition) is 4. The summed E-state index contributed by atoms with van der Waals surface area (Å²) in [5.41, 5.74) is 0.616. The van der Waals surface area contributed by atoms with Gasteiger partial charge in [0, 0.05) is 37.3 Å². The van der Waals surface area contributed by atoms with Crippen molar-refractivity contribution in [1.29, 1.82) is 0 Å². The van der Waals surface area contributed by atoms with Crippen molar-refractivity contribution in [2.75, 3.05) is 5.32 Å². The van der Waals surface area contributed by atoms with Crippen molar-refractivity contribution in [1.82, 2.24) is 9.13 Å². The topological polar surface area (TPSA) is 73.1 Å². The molecule has 0 saturated carbocycles. The predicted molar refractivity (Wildman–Crippen MR) is 94.7 cm³/mol. The van der Waals surface area contributed by atoms with Crippen LogP contribution in [0.5, 0.6) is 0 Å². The second-order valence-corrected chi connectivity index (χ2v) is 6.72. The Kier molecular flexibility index (Phi) is 3.68. The van der Waals surface area contributed by atoms with Crippen molar-refractivity contribution < 1.29 is 9.18 Å². The molecule has 2 heterocycles. The van der Waals surface area contributed by atoms with E-state index >= 15 is 0 Å². The molecule has 1 aromatic heterocycles.